The van der Waals surface area contributed by atoms with Gasteiger partial charge in [0.05, 0.1) is 16.7 Å². The summed E-state index contributed by atoms with van der Waals surface area (Å²) in [5.41, 5.74) is 10.8. The number of imidazole rings is 1. The van der Waals surface area contributed by atoms with Crippen LogP contribution in [0.4, 0.5) is 0 Å². The smallest absolute Gasteiger partial charge is 0.130 e. The van der Waals surface area contributed by atoms with Crippen molar-refractivity contribution in [2.24, 2.45) is 0 Å². The van der Waals surface area contributed by atoms with Gasteiger partial charge in [-0.3, -0.25) is 0 Å². The minimum absolute atomic E-state index is 0.0533. The zero-order valence-electron chi connectivity index (χ0n) is 10.8. The van der Waals surface area contributed by atoms with Crippen LogP contribution in [0.15, 0.2) is 60.7 Å². The lowest BCUT2D eigenvalue weighted by atomic mass is 10.1. The summed E-state index contributed by atoms with van der Waals surface area (Å²) in [5.74, 6) is 0.921. The number of aromatic nitrogens is 2. The number of hydrogen-bond acceptors (Lipinski definition) is 3. The number of para-hydroxylation sites is 2. The van der Waals surface area contributed by atoms with Crippen LogP contribution in [0.1, 0.15) is 17.4 Å². The summed E-state index contributed by atoms with van der Waals surface area (Å²) in [6.45, 7) is 0. The van der Waals surface area contributed by atoms with E-state index >= 15 is 0 Å². The van der Waals surface area contributed by atoms with E-state index < -0.39 is 0 Å². The molecule has 4 nitrogen and oxygen atoms in total. The fraction of sp³-hybridized carbons (Fsp3) is 0.0625. The van der Waals surface area contributed by atoms with Gasteiger partial charge in [-0.1, -0.05) is 42.5 Å². The molecule has 0 radical (unpaired) electrons. The molecule has 2 heterocycles. The van der Waals surface area contributed by atoms with Gasteiger partial charge in [0.25, 0.3) is 0 Å². The highest BCUT2D eigenvalue weighted by atomic mass is 15.4. The standard InChI is InChI=1S/C16H14N4/c1-2-6-11(7-3-1)14-10-15(20-19-14)16-17-12-8-4-5-9-13(12)18-16/h1-10,15,19-20H,(H,17,18). The third kappa shape index (κ3) is 1.87. The summed E-state index contributed by atoms with van der Waals surface area (Å²) in [7, 11) is 0. The SMILES string of the molecule is C1=C(c2ccccc2)NNC1c1nc2ccccc2[nH]1. The summed E-state index contributed by atoms with van der Waals surface area (Å²) in [6, 6.07) is 18.4. The first-order chi connectivity index (χ1) is 9.90. The summed E-state index contributed by atoms with van der Waals surface area (Å²) in [6.07, 6.45) is 2.15. The van der Waals surface area contributed by atoms with E-state index in [0.29, 0.717) is 0 Å². The fourth-order valence-electron chi connectivity index (χ4n) is 2.46. The van der Waals surface area contributed by atoms with E-state index in [0.717, 1.165) is 22.6 Å². The lowest BCUT2D eigenvalue weighted by molar-refractivity contribution is 0.595. The molecule has 0 bridgehead atoms. The van der Waals surface area contributed by atoms with E-state index in [-0.39, 0.29) is 6.04 Å². The predicted molar refractivity (Wildman–Crippen MR) is 79.5 cm³/mol. The lowest BCUT2D eigenvalue weighted by Crippen LogP contribution is -2.26. The molecule has 1 aliphatic heterocycles. The molecule has 20 heavy (non-hydrogen) atoms. The minimum atomic E-state index is 0.0533. The second-order valence-corrected chi connectivity index (χ2v) is 4.83. The van der Waals surface area contributed by atoms with Crippen molar-refractivity contribution < 1.29 is 0 Å². The van der Waals surface area contributed by atoms with E-state index in [4.69, 9.17) is 0 Å². The van der Waals surface area contributed by atoms with Crippen LogP contribution in [0.2, 0.25) is 0 Å². The molecule has 3 N–H and O–H groups in total. The molecular formula is C16H14N4. The van der Waals surface area contributed by atoms with E-state index in [1.165, 1.54) is 5.56 Å². The van der Waals surface area contributed by atoms with E-state index in [2.05, 4.69) is 39.0 Å². The summed E-state index contributed by atoms with van der Waals surface area (Å²) in [5, 5.41) is 0. The van der Waals surface area contributed by atoms with Gasteiger partial charge in [0.15, 0.2) is 0 Å². The molecule has 3 aromatic rings. The van der Waals surface area contributed by atoms with Gasteiger partial charge in [-0.05, 0) is 23.8 Å². The second kappa shape index (κ2) is 4.51. The van der Waals surface area contributed by atoms with E-state index in [9.17, 15) is 0 Å². The number of benzene rings is 2. The third-order valence-electron chi connectivity index (χ3n) is 3.48. The number of rotatable bonds is 2. The molecule has 0 fully saturated rings. The number of hydrazine groups is 1. The maximum Gasteiger partial charge on any atom is 0.130 e. The maximum absolute atomic E-state index is 4.62. The Morgan fingerprint density at radius 3 is 2.55 bits per heavy atom. The van der Waals surface area contributed by atoms with Crippen LogP contribution < -0.4 is 10.9 Å². The summed E-state index contributed by atoms with van der Waals surface area (Å²) < 4.78 is 0. The van der Waals surface area contributed by atoms with Crippen LogP contribution in [-0.2, 0) is 0 Å². The monoisotopic (exact) mass is 262 g/mol. The second-order valence-electron chi connectivity index (χ2n) is 4.83. The average Bonchev–Trinajstić information content (AvgIpc) is 3.14. The number of nitrogens with one attached hydrogen (secondary N) is 3. The third-order valence-corrected chi connectivity index (χ3v) is 3.48. The Labute approximate surface area is 116 Å². The molecule has 0 aliphatic carbocycles. The van der Waals surface area contributed by atoms with Gasteiger partial charge in [-0.25, -0.2) is 10.4 Å². The lowest BCUT2D eigenvalue weighted by Gasteiger charge is -2.05. The summed E-state index contributed by atoms with van der Waals surface area (Å²) >= 11 is 0. The number of nitrogens with zero attached hydrogens (tertiary/aromatic N) is 1. The molecule has 1 atom stereocenters. The van der Waals surface area contributed by atoms with Gasteiger partial charge in [-0.2, -0.15) is 0 Å². The van der Waals surface area contributed by atoms with Crippen molar-refractivity contribution in [3.8, 4) is 0 Å². The molecule has 0 saturated carbocycles. The molecule has 4 rings (SSSR count). The van der Waals surface area contributed by atoms with E-state index in [1.54, 1.807) is 0 Å². The van der Waals surface area contributed by atoms with Crippen molar-refractivity contribution in [1.82, 2.24) is 20.8 Å². The first-order valence-electron chi connectivity index (χ1n) is 6.63. The van der Waals surface area contributed by atoms with Crippen molar-refractivity contribution in [2.45, 2.75) is 6.04 Å². The van der Waals surface area contributed by atoms with Crippen LogP contribution in [-0.4, -0.2) is 9.97 Å². The van der Waals surface area contributed by atoms with Crippen molar-refractivity contribution >= 4 is 16.7 Å². The first kappa shape index (κ1) is 11.3. The topological polar surface area (TPSA) is 52.7 Å². The minimum Gasteiger partial charge on any atom is -0.340 e. The van der Waals surface area contributed by atoms with Gasteiger partial charge in [0, 0.05) is 0 Å². The molecule has 1 aliphatic rings. The molecule has 0 saturated heterocycles. The van der Waals surface area contributed by atoms with Crippen molar-refractivity contribution in [3.63, 3.8) is 0 Å². The van der Waals surface area contributed by atoms with Crippen molar-refractivity contribution in [3.05, 3.63) is 72.1 Å². The Kier molecular flexibility index (Phi) is 2.54. The van der Waals surface area contributed by atoms with Gasteiger partial charge < -0.3 is 10.4 Å². The number of hydrogen-bond donors (Lipinski definition) is 3. The van der Waals surface area contributed by atoms with Crippen LogP contribution in [0, 0.1) is 0 Å². The molecule has 1 unspecified atom stereocenters. The number of aromatic amines is 1. The molecule has 0 spiro atoms. The van der Waals surface area contributed by atoms with Crippen LogP contribution in [0.25, 0.3) is 16.7 Å². The van der Waals surface area contributed by atoms with Crippen LogP contribution in [0.3, 0.4) is 0 Å². The largest absolute Gasteiger partial charge is 0.340 e. The molecule has 2 aromatic carbocycles. The average molecular weight is 262 g/mol. The van der Waals surface area contributed by atoms with Gasteiger partial charge in [0.2, 0.25) is 0 Å². The highest BCUT2D eigenvalue weighted by Gasteiger charge is 2.20. The quantitative estimate of drug-likeness (QED) is 0.665. The zero-order chi connectivity index (χ0) is 13.4. The highest BCUT2D eigenvalue weighted by molar-refractivity contribution is 5.75. The zero-order valence-corrected chi connectivity index (χ0v) is 10.8. The fourth-order valence-corrected chi connectivity index (χ4v) is 2.46. The Morgan fingerprint density at radius 1 is 0.900 bits per heavy atom. The normalized spacial score (nSPS) is 18.0. The van der Waals surface area contributed by atoms with Gasteiger partial charge >= 0.3 is 0 Å². The molecule has 0 amide bonds. The first-order valence-corrected chi connectivity index (χ1v) is 6.63. The highest BCUT2D eigenvalue weighted by Crippen LogP contribution is 2.24. The van der Waals surface area contributed by atoms with Crippen molar-refractivity contribution in [1.29, 1.82) is 0 Å². The number of H-pyrrole nitrogens is 1. The Balaban J connectivity index is 1.68. The Morgan fingerprint density at radius 2 is 1.70 bits per heavy atom. The van der Waals surface area contributed by atoms with E-state index in [1.807, 2.05) is 42.5 Å². The van der Waals surface area contributed by atoms with Crippen LogP contribution in [0.5, 0.6) is 0 Å². The molecular weight excluding hydrogens is 248 g/mol. The molecule has 98 valence electrons. The Bertz CT molecular complexity index is 740. The van der Waals surface area contributed by atoms with Crippen LogP contribution >= 0.6 is 0 Å². The number of fused-ring (bicyclic) bond motifs is 1. The molecule has 1 aromatic heterocycles. The van der Waals surface area contributed by atoms with Crippen molar-refractivity contribution in [2.75, 3.05) is 0 Å². The Hall–Kier alpha value is -2.59. The maximum atomic E-state index is 4.62. The summed E-state index contributed by atoms with van der Waals surface area (Å²) in [4.78, 5) is 7.97. The molecule has 4 heteroatoms. The van der Waals surface area contributed by atoms with Gasteiger partial charge in [0.1, 0.15) is 11.9 Å². The predicted octanol–water partition coefficient (Wildman–Crippen LogP) is 2.75. The van der Waals surface area contributed by atoms with Gasteiger partial charge in [-0.15, -0.1) is 0 Å².